The molecule has 0 unspecified atom stereocenters. The minimum absolute atomic E-state index is 0.137. The Morgan fingerprint density at radius 1 is 1.11 bits per heavy atom. The molecule has 0 bridgehead atoms. The molecule has 0 rings (SSSR count). The molecule has 0 saturated carbocycles. The van der Waals surface area contributed by atoms with Crippen molar-refractivity contribution in [1.82, 2.24) is 5.32 Å². The van der Waals surface area contributed by atoms with Crippen LogP contribution in [0.2, 0.25) is 0 Å². The van der Waals surface area contributed by atoms with Crippen molar-refractivity contribution in [3.63, 3.8) is 0 Å². The average Bonchev–Trinajstić information content (AvgIpc) is 2.28. The molecule has 0 aliphatic rings. The molecule has 0 heterocycles. The Morgan fingerprint density at radius 3 is 2.37 bits per heavy atom. The molecule has 0 atom stereocenters. The number of carbonyl (C=O) groups excluding carboxylic acids is 2. The highest BCUT2D eigenvalue weighted by Gasteiger charge is 2.15. The van der Waals surface area contributed by atoms with Gasteiger partial charge >= 0.3 is 12.1 Å². The number of alkyl carbamates (subject to hydrolysis) is 1. The summed E-state index contributed by atoms with van der Waals surface area (Å²) in [5.74, 6) is -0.137. The molecule has 0 aliphatic carbocycles. The standard InChI is InChI=1S/C14H27NO4/c1-5-6-9-12(16)18-11-8-7-10-15-13(17)19-14(2,3)4/h5-11H2,1-4H3,(H,15,17). The molecule has 0 aliphatic heterocycles. The fourth-order valence-electron chi connectivity index (χ4n) is 1.31. The lowest BCUT2D eigenvalue weighted by Crippen LogP contribution is -2.33. The van der Waals surface area contributed by atoms with Gasteiger partial charge in [-0.05, 0) is 40.0 Å². The van der Waals surface area contributed by atoms with Gasteiger partial charge in [-0.25, -0.2) is 4.79 Å². The summed E-state index contributed by atoms with van der Waals surface area (Å²) in [5, 5.41) is 2.66. The molecule has 1 N–H and O–H groups in total. The average molecular weight is 273 g/mol. The highest BCUT2D eigenvalue weighted by atomic mass is 16.6. The zero-order valence-corrected chi connectivity index (χ0v) is 12.6. The zero-order valence-electron chi connectivity index (χ0n) is 12.6. The quantitative estimate of drug-likeness (QED) is 0.545. The van der Waals surface area contributed by atoms with Crippen molar-refractivity contribution in [2.75, 3.05) is 13.2 Å². The van der Waals surface area contributed by atoms with Crippen molar-refractivity contribution in [2.24, 2.45) is 0 Å². The fourth-order valence-corrected chi connectivity index (χ4v) is 1.31. The molecule has 112 valence electrons. The first kappa shape index (κ1) is 17.7. The van der Waals surface area contributed by atoms with E-state index in [0.29, 0.717) is 19.6 Å². The van der Waals surface area contributed by atoms with Crippen LogP contribution in [0, 0.1) is 0 Å². The lowest BCUT2D eigenvalue weighted by Gasteiger charge is -2.19. The Bertz CT molecular complexity index is 271. The van der Waals surface area contributed by atoms with Gasteiger partial charge in [0, 0.05) is 13.0 Å². The first-order valence-electron chi connectivity index (χ1n) is 6.97. The van der Waals surface area contributed by atoms with E-state index in [-0.39, 0.29) is 5.97 Å². The maximum atomic E-state index is 11.3. The second-order valence-electron chi connectivity index (χ2n) is 5.46. The van der Waals surface area contributed by atoms with Gasteiger partial charge in [0.2, 0.25) is 0 Å². The Hall–Kier alpha value is -1.26. The highest BCUT2D eigenvalue weighted by molar-refractivity contribution is 5.69. The molecule has 5 nitrogen and oxygen atoms in total. The van der Waals surface area contributed by atoms with Crippen LogP contribution in [0.25, 0.3) is 0 Å². The van der Waals surface area contributed by atoms with Crippen LogP contribution in [-0.2, 0) is 14.3 Å². The van der Waals surface area contributed by atoms with E-state index in [9.17, 15) is 9.59 Å². The molecule has 0 fully saturated rings. The van der Waals surface area contributed by atoms with E-state index < -0.39 is 11.7 Å². The Labute approximate surface area is 116 Å². The number of hydrogen-bond acceptors (Lipinski definition) is 4. The van der Waals surface area contributed by atoms with Crippen molar-refractivity contribution in [1.29, 1.82) is 0 Å². The van der Waals surface area contributed by atoms with E-state index in [1.807, 2.05) is 27.7 Å². The summed E-state index contributed by atoms with van der Waals surface area (Å²) in [6.45, 7) is 8.45. The van der Waals surface area contributed by atoms with Gasteiger partial charge < -0.3 is 14.8 Å². The second kappa shape index (κ2) is 9.64. The van der Waals surface area contributed by atoms with Gasteiger partial charge in [0.25, 0.3) is 0 Å². The summed E-state index contributed by atoms with van der Waals surface area (Å²) in [5.41, 5.74) is -0.473. The van der Waals surface area contributed by atoms with Crippen LogP contribution >= 0.6 is 0 Å². The van der Waals surface area contributed by atoms with E-state index in [1.54, 1.807) is 0 Å². The number of ether oxygens (including phenoxy) is 2. The van der Waals surface area contributed by atoms with E-state index >= 15 is 0 Å². The number of esters is 1. The summed E-state index contributed by atoms with van der Waals surface area (Å²) in [6, 6.07) is 0. The smallest absolute Gasteiger partial charge is 0.407 e. The lowest BCUT2D eigenvalue weighted by molar-refractivity contribution is -0.143. The predicted octanol–water partition coefficient (Wildman–Crippen LogP) is 3.02. The summed E-state index contributed by atoms with van der Waals surface area (Å²) in [4.78, 5) is 22.5. The Morgan fingerprint density at radius 2 is 1.79 bits per heavy atom. The Kier molecular flexibility index (Phi) is 9.00. The molecule has 5 heteroatoms. The number of amides is 1. The minimum Gasteiger partial charge on any atom is -0.466 e. The van der Waals surface area contributed by atoms with Crippen molar-refractivity contribution in [2.45, 2.75) is 65.4 Å². The summed E-state index contributed by atoms with van der Waals surface area (Å²) in [6.07, 6.45) is 3.46. The molecule has 0 aromatic rings. The third-order valence-corrected chi connectivity index (χ3v) is 2.24. The molecule has 19 heavy (non-hydrogen) atoms. The van der Waals surface area contributed by atoms with Crippen LogP contribution in [0.4, 0.5) is 4.79 Å². The number of unbranched alkanes of at least 4 members (excludes halogenated alkanes) is 2. The number of hydrogen-bond donors (Lipinski definition) is 1. The SMILES string of the molecule is CCCCC(=O)OCCCCNC(=O)OC(C)(C)C. The van der Waals surface area contributed by atoms with Gasteiger partial charge in [-0.3, -0.25) is 4.79 Å². The second-order valence-corrected chi connectivity index (χ2v) is 5.46. The zero-order chi connectivity index (χ0) is 14.7. The van der Waals surface area contributed by atoms with Crippen molar-refractivity contribution < 1.29 is 19.1 Å². The third-order valence-electron chi connectivity index (χ3n) is 2.24. The van der Waals surface area contributed by atoms with Crippen LogP contribution in [0.15, 0.2) is 0 Å². The van der Waals surface area contributed by atoms with Crippen LogP contribution < -0.4 is 5.32 Å². The molecule has 0 aromatic carbocycles. The minimum atomic E-state index is -0.473. The van der Waals surface area contributed by atoms with Gasteiger partial charge in [0.15, 0.2) is 0 Å². The molecular formula is C14H27NO4. The largest absolute Gasteiger partial charge is 0.466 e. The third kappa shape index (κ3) is 13.0. The van der Waals surface area contributed by atoms with Crippen LogP contribution in [-0.4, -0.2) is 30.8 Å². The molecule has 0 radical (unpaired) electrons. The van der Waals surface area contributed by atoms with Gasteiger partial charge in [0.1, 0.15) is 5.60 Å². The van der Waals surface area contributed by atoms with E-state index in [1.165, 1.54) is 0 Å². The summed E-state index contributed by atoms with van der Waals surface area (Å²) >= 11 is 0. The molecule has 1 amide bonds. The Balaban J connectivity index is 3.41. The van der Waals surface area contributed by atoms with Crippen LogP contribution in [0.3, 0.4) is 0 Å². The highest BCUT2D eigenvalue weighted by Crippen LogP contribution is 2.06. The summed E-state index contributed by atoms with van der Waals surface area (Å²) < 4.78 is 10.1. The van der Waals surface area contributed by atoms with Crippen molar-refractivity contribution >= 4 is 12.1 Å². The first-order chi connectivity index (χ1) is 8.85. The number of rotatable bonds is 8. The van der Waals surface area contributed by atoms with E-state index in [4.69, 9.17) is 9.47 Å². The van der Waals surface area contributed by atoms with Crippen molar-refractivity contribution in [3.05, 3.63) is 0 Å². The number of nitrogens with one attached hydrogen (secondary N) is 1. The maximum Gasteiger partial charge on any atom is 0.407 e. The van der Waals surface area contributed by atoms with Crippen LogP contribution in [0.5, 0.6) is 0 Å². The normalized spacial score (nSPS) is 10.9. The molecule has 0 aromatic heterocycles. The van der Waals surface area contributed by atoms with Crippen LogP contribution in [0.1, 0.15) is 59.8 Å². The topological polar surface area (TPSA) is 64.6 Å². The fraction of sp³-hybridized carbons (Fsp3) is 0.857. The molecule has 0 spiro atoms. The monoisotopic (exact) mass is 273 g/mol. The van der Waals surface area contributed by atoms with Gasteiger partial charge in [-0.2, -0.15) is 0 Å². The van der Waals surface area contributed by atoms with Crippen molar-refractivity contribution in [3.8, 4) is 0 Å². The number of carbonyl (C=O) groups is 2. The predicted molar refractivity (Wildman–Crippen MR) is 74.0 cm³/mol. The maximum absolute atomic E-state index is 11.3. The van der Waals surface area contributed by atoms with Gasteiger partial charge in [-0.1, -0.05) is 13.3 Å². The molecular weight excluding hydrogens is 246 g/mol. The lowest BCUT2D eigenvalue weighted by atomic mass is 10.2. The van der Waals surface area contributed by atoms with E-state index in [0.717, 1.165) is 25.7 Å². The summed E-state index contributed by atoms with van der Waals surface area (Å²) in [7, 11) is 0. The van der Waals surface area contributed by atoms with E-state index in [2.05, 4.69) is 5.32 Å². The van der Waals surface area contributed by atoms with Gasteiger partial charge in [0.05, 0.1) is 6.61 Å². The molecule has 0 saturated heterocycles. The van der Waals surface area contributed by atoms with Gasteiger partial charge in [-0.15, -0.1) is 0 Å². The first-order valence-corrected chi connectivity index (χ1v) is 6.97.